The van der Waals surface area contributed by atoms with Crippen molar-refractivity contribution in [2.45, 2.75) is 20.4 Å². The molecular weight excluding hydrogens is 236 g/mol. The van der Waals surface area contributed by atoms with Gasteiger partial charge in [-0.15, -0.1) is 0 Å². The van der Waals surface area contributed by atoms with E-state index in [2.05, 4.69) is 52.8 Å². The van der Waals surface area contributed by atoms with Crippen molar-refractivity contribution in [1.29, 1.82) is 0 Å². The molecule has 0 radical (unpaired) electrons. The Labute approximate surface area is 112 Å². The Kier molecular flexibility index (Phi) is 2.68. The first-order valence-electron chi connectivity index (χ1n) is 6.43. The second-order valence-electron chi connectivity index (χ2n) is 4.90. The van der Waals surface area contributed by atoms with Gasteiger partial charge in [-0.2, -0.15) is 0 Å². The second-order valence-corrected chi connectivity index (χ2v) is 4.90. The summed E-state index contributed by atoms with van der Waals surface area (Å²) < 4.78 is 2.21. The van der Waals surface area contributed by atoms with Crippen LogP contribution in [0, 0.1) is 13.8 Å². The Hall–Kier alpha value is -2.07. The van der Waals surface area contributed by atoms with Gasteiger partial charge in [0.25, 0.3) is 0 Å². The van der Waals surface area contributed by atoms with Crippen LogP contribution >= 0.6 is 0 Å². The minimum atomic E-state index is 0.435. The van der Waals surface area contributed by atoms with Gasteiger partial charge in [0.05, 0.1) is 12.2 Å². The number of H-pyrrole nitrogens is 1. The number of rotatable bonds is 2. The van der Waals surface area contributed by atoms with E-state index >= 15 is 0 Å². The number of para-hydroxylation sites is 1. The van der Waals surface area contributed by atoms with E-state index in [4.69, 9.17) is 5.73 Å². The number of imidazole rings is 1. The molecule has 2 aromatic heterocycles. The smallest absolute Gasteiger partial charge is 0.120 e. The fourth-order valence-electron chi connectivity index (χ4n) is 2.68. The molecule has 4 heteroatoms. The van der Waals surface area contributed by atoms with Crippen LogP contribution in [0.2, 0.25) is 0 Å². The Morgan fingerprint density at radius 1 is 1.26 bits per heavy atom. The Balaban J connectivity index is 2.36. The van der Waals surface area contributed by atoms with Gasteiger partial charge in [-0.3, -0.25) is 0 Å². The van der Waals surface area contributed by atoms with Gasteiger partial charge in [-0.25, -0.2) is 4.98 Å². The van der Waals surface area contributed by atoms with Gasteiger partial charge in [-0.1, -0.05) is 18.2 Å². The van der Waals surface area contributed by atoms with E-state index in [0.717, 1.165) is 17.2 Å². The molecule has 0 fully saturated rings. The maximum absolute atomic E-state index is 5.67. The van der Waals surface area contributed by atoms with Gasteiger partial charge in [0.2, 0.25) is 0 Å². The molecule has 0 unspecified atom stereocenters. The number of fused-ring (bicyclic) bond motifs is 1. The molecule has 3 rings (SSSR count). The minimum absolute atomic E-state index is 0.435. The van der Waals surface area contributed by atoms with Gasteiger partial charge in [0.15, 0.2) is 0 Å². The molecule has 0 aliphatic carbocycles. The molecule has 0 saturated carbocycles. The highest BCUT2D eigenvalue weighted by atomic mass is 15.0. The number of hydrogen-bond donors (Lipinski definition) is 2. The zero-order valence-corrected chi connectivity index (χ0v) is 11.5. The van der Waals surface area contributed by atoms with E-state index in [1.165, 1.54) is 22.2 Å². The third kappa shape index (κ3) is 1.68. The Morgan fingerprint density at radius 3 is 2.68 bits per heavy atom. The molecule has 0 bridgehead atoms. The molecule has 0 saturated heterocycles. The van der Waals surface area contributed by atoms with Crippen LogP contribution in [0.3, 0.4) is 0 Å². The summed E-state index contributed by atoms with van der Waals surface area (Å²) in [5.74, 6) is 0.833. The van der Waals surface area contributed by atoms with E-state index in [9.17, 15) is 0 Å². The topological polar surface area (TPSA) is 59.6 Å². The predicted molar refractivity (Wildman–Crippen MR) is 77.9 cm³/mol. The van der Waals surface area contributed by atoms with E-state index in [0.29, 0.717) is 6.54 Å². The van der Waals surface area contributed by atoms with Crippen molar-refractivity contribution < 1.29 is 0 Å². The number of nitrogens with one attached hydrogen (secondary N) is 1. The van der Waals surface area contributed by atoms with Gasteiger partial charge >= 0.3 is 0 Å². The Morgan fingerprint density at radius 2 is 2.00 bits per heavy atom. The van der Waals surface area contributed by atoms with Crippen LogP contribution in [0.4, 0.5) is 0 Å². The Bertz CT molecular complexity index is 749. The molecule has 4 nitrogen and oxygen atoms in total. The van der Waals surface area contributed by atoms with Crippen molar-refractivity contribution in [2.75, 3.05) is 0 Å². The number of nitrogens with zero attached hydrogens (tertiary/aromatic N) is 2. The number of benzene rings is 1. The SMILES string of the molecule is Cc1[nH]c(CN)nc1-c1c(C)n(C)c2ccccc12. The van der Waals surface area contributed by atoms with Crippen molar-refractivity contribution in [3.8, 4) is 11.3 Å². The minimum Gasteiger partial charge on any atom is -0.347 e. The second kappa shape index (κ2) is 4.24. The number of aromatic amines is 1. The maximum Gasteiger partial charge on any atom is 0.120 e. The molecule has 2 heterocycles. The first kappa shape index (κ1) is 12.0. The van der Waals surface area contributed by atoms with E-state index < -0.39 is 0 Å². The zero-order valence-electron chi connectivity index (χ0n) is 11.5. The molecule has 0 aliphatic rings. The summed E-state index contributed by atoms with van der Waals surface area (Å²) in [6.07, 6.45) is 0. The average Bonchev–Trinajstić information content (AvgIpc) is 2.90. The van der Waals surface area contributed by atoms with E-state index in [-0.39, 0.29) is 0 Å². The third-order valence-corrected chi connectivity index (χ3v) is 3.76. The van der Waals surface area contributed by atoms with Gasteiger partial charge in [-0.05, 0) is 19.9 Å². The molecule has 0 aliphatic heterocycles. The molecular formula is C15H18N4. The zero-order chi connectivity index (χ0) is 13.6. The lowest BCUT2D eigenvalue weighted by atomic mass is 10.1. The number of aromatic nitrogens is 3. The molecule has 0 atom stereocenters. The average molecular weight is 254 g/mol. The van der Waals surface area contributed by atoms with Gasteiger partial charge in [0, 0.05) is 34.9 Å². The van der Waals surface area contributed by atoms with Crippen molar-refractivity contribution in [3.05, 3.63) is 41.5 Å². The van der Waals surface area contributed by atoms with Crippen molar-refractivity contribution in [3.63, 3.8) is 0 Å². The maximum atomic E-state index is 5.67. The molecule has 98 valence electrons. The van der Waals surface area contributed by atoms with Crippen molar-refractivity contribution in [1.82, 2.24) is 14.5 Å². The molecule has 1 aromatic carbocycles. The molecule has 3 aromatic rings. The van der Waals surface area contributed by atoms with Crippen LogP contribution in [-0.2, 0) is 13.6 Å². The highest BCUT2D eigenvalue weighted by Crippen LogP contribution is 2.34. The standard InChI is InChI=1S/C15H18N4/c1-9-15(18-13(8-16)17-9)14-10(2)19(3)12-7-5-4-6-11(12)14/h4-7H,8,16H2,1-3H3,(H,17,18). The fourth-order valence-corrected chi connectivity index (χ4v) is 2.68. The van der Waals surface area contributed by atoms with Gasteiger partial charge in [0.1, 0.15) is 5.82 Å². The van der Waals surface area contributed by atoms with Crippen LogP contribution in [0.1, 0.15) is 17.2 Å². The number of nitrogens with two attached hydrogens (primary N) is 1. The normalized spacial score (nSPS) is 11.4. The summed E-state index contributed by atoms with van der Waals surface area (Å²) in [5.41, 5.74) is 11.4. The number of hydrogen-bond acceptors (Lipinski definition) is 2. The largest absolute Gasteiger partial charge is 0.347 e. The quantitative estimate of drug-likeness (QED) is 0.738. The summed E-state index contributed by atoms with van der Waals surface area (Å²) >= 11 is 0. The van der Waals surface area contributed by atoms with Gasteiger partial charge < -0.3 is 15.3 Å². The summed E-state index contributed by atoms with van der Waals surface area (Å²) in [5, 5.41) is 1.24. The number of aryl methyl sites for hydroxylation is 2. The molecule has 3 N–H and O–H groups in total. The van der Waals surface area contributed by atoms with Crippen LogP contribution < -0.4 is 5.73 Å². The summed E-state index contributed by atoms with van der Waals surface area (Å²) in [4.78, 5) is 7.88. The van der Waals surface area contributed by atoms with Crippen LogP contribution in [0.5, 0.6) is 0 Å². The molecule has 0 amide bonds. The lowest BCUT2D eigenvalue weighted by Crippen LogP contribution is -1.98. The summed E-state index contributed by atoms with van der Waals surface area (Å²) in [6.45, 7) is 4.61. The summed E-state index contributed by atoms with van der Waals surface area (Å²) in [7, 11) is 2.09. The van der Waals surface area contributed by atoms with Crippen molar-refractivity contribution in [2.24, 2.45) is 12.8 Å². The first-order valence-corrected chi connectivity index (χ1v) is 6.43. The van der Waals surface area contributed by atoms with E-state index in [1.54, 1.807) is 0 Å². The first-order chi connectivity index (χ1) is 9.13. The predicted octanol–water partition coefficient (Wildman–Crippen LogP) is 2.64. The van der Waals surface area contributed by atoms with Crippen LogP contribution in [-0.4, -0.2) is 14.5 Å². The third-order valence-electron chi connectivity index (χ3n) is 3.76. The molecule has 19 heavy (non-hydrogen) atoms. The monoisotopic (exact) mass is 254 g/mol. The molecule has 0 spiro atoms. The lowest BCUT2D eigenvalue weighted by molar-refractivity contribution is 0.918. The van der Waals surface area contributed by atoms with Crippen LogP contribution in [0.15, 0.2) is 24.3 Å². The van der Waals surface area contributed by atoms with Crippen LogP contribution in [0.25, 0.3) is 22.2 Å². The highest BCUT2D eigenvalue weighted by Gasteiger charge is 2.17. The lowest BCUT2D eigenvalue weighted by Gasteiger charge is -2.00. The van der Waals surface area contributed by atoms with E-state index in [1.807, 2.05) is 6.92 Å². The van der Waals surface area contributed by atoms with Crippen molar-refractivity contribution >= 4 is 10.9 Å². The highest BCUT2D eigenvalue weighted by molar-refractivity contribution is 5.97. The fraction of sp³-hybridized carbons (Fsp3) is 0.267. The summed E-state index contributed by atoms with van der Waals surface area (Å²) in [6, 6.07) is 8.41.